The van der Waals surface area contributed by atoms with E-state index in [0.29, 0.717) is 5.76 Å². The normalized spacial score (nSPS) is 12.8. The monoisotopic (exact) mass is 277 g/mol. The second-order valence-corrected chi connectivity index (χ2v) is 5.48. The van der Waals surface area contributed by atoms with Gasteiger partial charge in [-0.3, -0.25) is 4.79 Å². The molecule has 4 rings (SSSR count). The number of carbonyl (C=O) groups is 1. The van der Waals surface area contributed by atoms with E-state index in [4.69, 9.17) is 4.42 Å². The molecule has 2 aromatic carbocycles. The molecule has 0 bridgehead atoms. The minimum absolute atomic E-state index is 0.207. The van der Waals surface area contributed by atoms with Crippen molar-refractivity contribution in [2.75, 3.05) is 5.32 Å². The molecule has 0 radical (unpaired) electrons. The van der Waals surface area contributed by atoms with Crippen molar-refractivity contribution in [3.8, 4) is 0 Å². The van der Waals surface area contributed by atoms with Crippen LogP contribution in [0.5, 0.6) is 0 Å². The van der Waals surface area contributed by atoms with Crippen molar-refractivity contribution >= 4 is 22.4 Å². The first kappa shape index (κ1) is 12.2. The van der Waals surface area contributed by atoms with Gasteiger partial charge in [0.1, 0.15) is 5.76 Å². The van der Waals surface area contributed by atoms with Crippen LogP contribution >= 0.6 is 0 Å². The van der Waals surface area contributed by atoms with Crippen molar-refractivity contribution in [1.82, 2.24) is 0 Å². The Bertz CT molecular complexity index is 851. The molecule has 3 nitrogen and oxygen atoms in total. The van der Waals surface area contributed by atoms with Crippen LogP contribution in [0.1, 0.15) is 27.4 Å². The van der Waals surface area contributed by atoms with Crippen molar-refractivity contribution in [3.63, 3.8) is 0 Å². The third-order valence-electron chi connectivity index (χ3n) is 4.09. The molecule has 1 aromatic heterocycles. The fraction of sp³-hybridized carbons (Fsp3) is 0.167. The highest BCUT2D eigenvalue weighted by Crippen LogP contribution is 2.35. The summed E-state index contributed by atoms with van der Waals surface area (Å²) in [5.41, 5.74) is 3.58. The van der Waals surface area contributed by atoms with Gasteiger partial charge in [0.15, 0.2) is 5.76 Å². The number of furan rings is 1. The van der Waals surface area contributed by atoms with Gasteiger partial charge in [-0.05, 0) is 54.5 Å². The molecule has 0 fully saturated rings. The van der Waals surface area contributed by atoms with Crippen LogP contribution < -0.4 is 5.32 Å². The highest BCUT2D eigenvalue weighted by molar-refractivity contribution is 6.09. The summed E-state index contributed by atoms with van der Waals surface area (Å²) in [4.78, 5) is 12.3. The summed E-state index contributed by atoms with van der Waals surface area (Å²) in [6.07, 6.45) is 2.17. The topological polar surface area (TPSA) is 42.2 Å². The molecule has 1 aliphatic carbocycles. The van der Waals surface area contributed by atoms with E-state index in [-0.39, 0.29) is 5.91 Å². The lowest BCUT2D eigenvalue weighted by Gasteiger charge is -2.09. The molecule has 21 heavy (non-hydrogen) atoms. The predicted octanol–water partition coefficient (Wildman–Crippen LogP) is 4.09. The van der Waals surface area contributed by atoms with Crippen LogP contribution in [0.15, 0.2) is 46.9 Å². The average molecular weight is 277 g/mol. The van der Waals surface area contributed by atoms with E-state index >= 15 is 0 Å². The molecule has 3 heteroatoms. The van der Waals surface area contributed by atoms with Crippen molar-refractivity contribution in [2.24, 2.45) is 0 Å². The van der Waals surface area contributed by atoms with Crippen LogP contribution in [0.2, 0.25) is 0 Å². The van der Waals surface area contributed by atoms with Crippen LogP contribution in [0.3, 0.4) is 0 Å². The Kier molecular flexibility index (Phi) is 2.61. The fourth-order valence-corrected chi connectivity index (χ4v) is 3.10. The number of amides is 1. The standard InChI is InChI=1S/C18H15NO2/c1-11-5-10-16(21-11)18(20)19-15-9-8-13-7-6-12-3-2-4-14(15)17(12)13/h2-5,8-10H,6-7H2,1H3,(H,19,20). The predicted molar refractivity (Wildman–Crippen MR) is 82.8 cm³/mol. The molecule has 0 spiro atoms. The first-order chi connectivity index (χ1) is 10.2. The lowest BCUT2D eigenvalue weighted by atomic mass is 10.0. The van der Waals surface area contributed by atoms with Gasteiger partial charge < -0.3 is 9.73 Å². The van der Waals surface area contributed by atoms with E-state index in [0.717, 1.165) is 29.7 Å². The fourth-order valence-electron chi connectivity index (χ4n) is 3.10. The van der Waals surface area contributed by atoms with Gasteiger partial charge in [-0.1, -0.05) is 24.3 Å². The molecule has 0 unspecified atom stereocenters. The Morgan fingerprint density at radius 2 is 1.86 bits per heavy atom. The van der Waals surface area contributed by atoms with E-state index < -0.39 is 0 Å². The van der Waals surface area contributed by atoms with Crippen LogP contribution in [-0.2, 0) is 12.8 Å². The van der Waals surface area contributed by atoms with Gasteiger partial charge >= 0.3 is 0 Å². The molecular weight excluding hydrogens is 262 g/mol. The zero-order valence-corrected chi connectivity index (χ0v) is 11.8. The molecule has 0 saturated heterocycles. The van der Waals surface area contributed by atoms with Gasteiger partial charge in [-0.25, -0.2) is 0 Å². The molecule has 1 heterocycles. The maximum Gasteiger partial charge on any atom is 0.291 e. The first-order valence-electron chi connectivity index (χ1n) is 7.13. The van der Waals surface area contributed by atoms with Gasteiger partial charge in [0.25, 0.3) is 5.91 Å². The zero-order valence-electron chi connectivity index (χ0n) is 11.8. The molecule has 1 aliphatic rings. The molecule has 0 atom stereocenters. The van der Waals surface area contributed by atoms with Crippen LogP contribution in [0, 0.1) is 6.92 Å². The smallest absolute Gasteiger partial charge is 0.291 e. The molecular formula is C18H15NO2. The highest BCUT2D eigenvalue weighted by Gasteiger charge is 2.17. The summed E-state index contributed by atoms with van der Waals surface area (Å²) in [6.45, 7) is 1.83. The van der Waals surface area contributed by atoms with Crippen molar-refractivity contribution in [1.29, 1.82) is 0 Å². The molecule has 0 aliphatic heterocycles. The average Bonchev–Trinajstić information content (AvgIpc) is 3.10. The van der Waals surface area contributed by atoms with E-state index in [1.54, 1.807) is 12.1 Å². The van der Waals surface area contributed by atoms with Crippen molar-refractivity contribution in [3.05, 3.63) is 65.1 Å². The molecule has 104 valence electrons. The molecule has 0 saturated carbocycles. The van der Waals surface area contributed by atoms with Crippen molar-refractivity contribution in [2.45, 2.75) is 19.8 Å². The number of benzene rings is 2. The zero-order chi connectivity index (χ0) is 14.4. The number of anilines is 1. The third-order valence-corrected chi connectivity index (χ3v) is 4.09. The molecule has 1 amide bonds. The second kappa shape index (κ2) is 4.48. The van der Waals surface area contributed by atoms with Gasteiger partial charge in [0.2, 0.25) is 0 Å². The number of carbonyl (C=O) groups excluding carboxylic acids is 1. The Labute approximate surface area is 122 Å². The molecule has 1 N–H and O–H groups in total. The summed E-state index contributed by atoms with van der Waals surface area (Å²) in [7, 11) is 0. The maximum absolute atomic E-state index is 12.3. The minimum Gasteiger partial charge on any atom is -0.456 e. The Hall–Kier alpha value is -2.55. The van der Waals surface area contributed by atoms with Crippen LogP contribution in [-0.4, -0.2) is 5.91 Å². The lowest BCUT2D eigenvalue weighted by Crippen LogP contribution is -2.11. The van der Waals surface area contributed by atoms with Gasteiger partial charge in [0, 0.05) is 11.1 Å². The van der Waals surface area contributed by atoms with Gasteiger partial charge in [0.05, 0.1) is 0 Å². The maximum atomic E-state index is 12.3. The number of nitrogens with one attached hydrogen (secondary N) is 1. The van der Waals surface area contributed by atoms with E-state index in [1.165, 1.54) is 16.5 Å². The van der Waals surface area contributed by atoms with E-state index in [9.17, 15) is 4.79 Å². The SMILES string of the molecule is Cc1ccc(C(=O)Nc2ccc3c4c(cccc24)CC3)o1. The largest absolute Gasteiger partial charge is 0.456 e. The Balaban J connectivity index is 1.76. The third kappa shape index (κ3) is 1.93. The summed E-state index contributed by atoms with van der Waals surface area (Å²) in [5, 5.41) is 5.37. The Morgan fingerprint density at radius 1 is 1.05 bits per heavy atom. The quantitative estimate of drug-likeness (QED) is 0.766. The number of hydrogen-bond donors (Lipinski definition) is 1. The summed E-state index contributed by atoms with van der Waals surface area (Å²) < 4.78 is 5.38. The highest BCUT2D eigenvalue weighted by atomic mass is 16.3. The van der Waals surface area contributed by atoms with E-state index in [1.807, 2.05) is 13.0 Å². The van der Waals surface area contributed by atoms with Gasteiger partial charge in [-0.15, -0.1) is 0 Å². The van der Waals surface area contributed by atoms with Crippen LogP contribution in [0.25, 0.3) is 10.8 Å². The number of rotatable bonds is 2. The molecule has 3 aromatic rings. The minimum atomic E-state index is -0.207. The summed E-state index contributed by atoms with van der Waals surface area (Å²) in [6, 6.07) is 13.9. The van der Waals surface area contributed by atoms with Crippen LogP contribution in [0.4, 0.5) is 5.69 Å². The van der Waals surface area contributed by atoms with Gasteiger partial charge in [-0.2, -0.15) is 0 Å². The number of hydrogen-bond acceptors (Lipinski definition) is 2. The lowest BCUT2D eigenvalue weighted by molar-refractivity contribution is 0.0995. The Morgan fingerprint density at radius 3 is 2.62 bits per heavy atom. The summed E-state index contributed by atoms with van der Waals surface area (Å²) >= 11 is 0. The first-order valence-corrected chi connectivity index (χ1v) is 7.13. The summed E-state index contributed by atoms with van der Waals surface area (Å²) in [5.74, 6) is 0.873. The number of aryl methyl sites for hydroxylation is 3. The second-order valence-electron chi connectivity index (χ2n) is 5.48. The van der Waals surface area contributed by atoms with E-state index in [2.05, 4.69) is 29.6 Å². The van der Waals surface area contributed by atoms with Crippen molar-refractivity contribution < 1.29 is 9.21 Å².